The van der Waals surface area contributed by atoms with Gasteiger partial charge in [-0.3, -0.25) is 4.98 Å². The van der Waals surface area contributed by atoms with E-state index in [-0.39, 0.29) is 4.84 Å². The van der Waals surface area contributed by atoms with E-state index >= 15 is 0 Å². The van der Waals surface area contributed by atoms with Gasteiger partial charge in [-0.05, 0) is 25.1 Å². The Morgan fingerprint density at radius 1 is 1.33 bits per heavy atom. The van der Waals surface area contributed by atoms with Crippen molar-refractivity contribution in [2.45, 2.75) is 38.1 Å². The van der Waals surface area contributed by atoms with E-state index in [2.05, 4.69) is 20.2 Å². The Hall–Kier alpha value is -1.80. The lowest BCUT2D eigenvalue weighted by atomic mass is 9.97. The molecular weight excluding hydrogens is 290 g/mol. The van der Waals surface area contributed by atoms with E-state index in [4.69, 9.17) is 27.1 Å². The summed E-state index contributed by atoms with van der Waals surface area (Å²) in [7, 11) is 1.51. The van der Waals surface area contributed by atoms with Gasteiger partial charge in [0.05, 0.1) is 19.5 Å². The van der Waals surface area contributed by atoms with E-state index < -0.39 is 0 Å². The zero-order valence-electron chi connectivity index (χ0n) is 11.9. The van der Waals surface area contributed by atoms with Gasteiger partial charge in [-0.15, -0.1) is 5.10 Å². The number of rotatable bonds is 2. The molecule has 0 amide bonds. The molecule has 0 aromatic carbocycles. The lowest BCUT2D eigenvalue weighted by Gasteiger charge is -2.15. The van der Waals surface area contributed by atoms with Crippen LogP contribution < -0.4 is 10.5 Å². The summed E-state index contributed by atoms with van der Waals surface area (Å²) >= 11 is 4.73. The van der Waals surface area contributed by atoms with Gasteiger partial charge >= 0.3 is 0 Å². The van der Waals surface area contributed by atoms with E-state index in [1.807, 2.05) is 0 Å². The zero-order chi connectivity index (χ0) is 15.1. The molecule has 21 heavy (non-hydrogen) atoms. The monoisotopic (exact) mass is 309 g/mol. The fraction of sp³-hybridized carbons (Fsp3) is 0.538. The molecule has 0 spiro atoms. The standard InChI is InChI=1S/C7H6N4O2S.C6H13N/c1-12-5-3-8-2-4(9-5)6-10-11-7(14)13-6;7-6-4-2-1-3-5-6/h2-3H,1H3,(H,11,14);6H,1-5,7H2. The molecular formula is C13H19N5O2S. The minimum atomic E-state index is 0.199. The highest BCUT2D eigenvalue weighted by Gasteiger charge is 2.07. The van der Waals surface area contributed by atoms with Crippen molar-refractivity contribution < 1.29 is 9.15 Å². The van der Waals surface area contributed by atoms with Crippen molar-refractivity contribution in [3.05, 3.63) is 17.2 Å². The van der Waals surface area contributed by atoms with Crippen LogP contribution in [0.3, 0.4) is 0 Å². The number of hydrogen-bond acceptors (Lipinski definition) is 7. The van der Waals surface area contributed by atoms with Gasteiger partial charge in [0.1, 0.15) is 5.69 Å². The summed E-state index contributed by atoms with van der Waals surface area (Å²) in [5, 5.41) is 6.30. The van der Waals surface area contributed by atoms with E-state index in [0.29, 0.717) is 23.5 Å². The smallest absolute Gasteiger partial charge is 0.284 e. The van der Waals surface area contributed by atoms with Crippen LogP contribution in [0.4, 0.5) is 0 Å². The molecule has 1 aliphatic carbocycles. The van der Waals surface area contributed by atoms with E-state index in [0.717, 1.165) is 0 Å². The molecule has 0 saturated heterocycles. The summed E-state index contributed by atoms with van der Waals surface area (Å²) in [5.74, 6) is 0.688. The third-order valence-corrected chi connectivity index (χ3v) is 3.30. The third kappa shape index (κ3) is 4.91. The summed E-state index contributed by atoms with van der Waals surface area (Å²) in [6, 6.07) is 0.536. The second-order valence-electron chi connectivity index (χ2n) is 4.76. The molecule has 1 saturated carbocycles. The van der Waals surface area contributed by atoms with Crippen molar-refractivity contribution >= 4 is 12.2 Å². The van der Waals surface area contributed by atoms with Crippen LogP contribution in [0.1, 0.15) is 32.1 Å². The fourth-order valence-corrected chi connectivity index (χ4v) is 2.15. The number of methoxy groups -OCH3 is 1. The molecule has 0 atom stereocenters. The summed E-state index contributed by atoms with van der Waals surface area (Å²) in [4.78, 5) is 8.17. The molecule has 114 valence electrons. The maximum absolute atomic E-state index is 5.63. The van der Waals surface area contributed by atoms with Crippen LogP contribution in [0.15, 0.2) is 16.8 Å². The number of ether oxygens (including phenoxy) is 1. The highest BCUT2D eigenvalue weighted by molar-refractivity contribution is 7.71. The first-order chi connectivity index (χ1) is 10.2. The van der Waals surface area contributed by atoms with Gasteiger partial charge in [0.2, 0.25) is 5.88 Å². The topological polar surface area (TPSA) is 103 Å². The molecule has 0 radical (unpaired) electrons. The van der Waals surface area contributed by atoms with Gasteiger partial charge in [0.15, 0.2) is 0 Å². The molecule has 8 heteroatoms. The highest BCUT2D eigenvalue weighted by Crippen LogP contribution is 2.15. The number of nitrogens with two attached hydrogens (primary N) is 1. The molecule has 3 rings (SSSR count). The molecule has 0 unspecified atom stereocenters. The number of nitrogens with zero attached hydrogens (tertiary/aromatic N) is 3. The Labute approximate surface area is 127 Å². The molecule has 7 nitrogen and oxygen atoms in total. The fourth-order valence-electron chi connectivity index (χ4n) is 2.02. The Morgan fingerprint density at radius 3 is 2.62 bits per heavy atom. The van der Waals surface area contributed by atoms with Gasteiger partial charge in [-0.25, -0.2) is 10.1 Å². The Bertz CT molecular complexity index is 606. The first-order valence-corrected chi connectivity index (χ1v) is 7.27. The van der Waals surface area contributed by atoms with Gasteiger partial charge in [-0.2, -0.15) is 0 Å². The van der Waals surface area contributed by atoms with Crippen molar-refractivity contribution in [2.75, 3.05) is 7.11 Å². The highest BCUT2D eigenvalue weighted by atomic mass is 32.1. The van der Waals surface area contributed by atoms with Crippen LogP contribution in [0.2, 0.25) is 0 Å². The Kier molecular flexibility index (Phi) is 5.82. The van der Waals surface area contributed by atoms with Crippen molar-refractivity contribution in [3.63, 3.8) is 0 Å². The maximum atomic E-state index is 5.63. The first kappa shape index (κ1) is 15.6. The van der Waals surface area contributed by atoms with Crippen molar-refractivity contribution in [1.82, 2.24) is 20.2 Å². The molecule has 2 aromatic rings. The van der Waals surface area contributed by atoms with E-state index in [9.17, 15) is 0 Å². The number of aromatic amines is 1. The van der Waals surface area contributed by atoms with Crippen LogP contribution in [-0.2, 0) is 0 Å². The first-order valence-electron chi connectivity index (χ1n) is 6.86. The van der Waals surface area contributed by atoms with Crippen LogP contribution in [0, 0.1) is 4.84 Å². The second kappa shape index (κ2) is 7.84. The molecule has 3 N–H and O–H groups in total. The van der Waals surface area contributed by atoms with Gasteiger partial charge < -0.3 is 14.9 Å². The minimum Gasteiger partial charge on any atom is -0.480 e. The average Bonchev–Trinajstić information content (AvgIpc) is 2.95. The van der Waals surface area contributed by atoms with Crippen molar-refractivity contribution in [2.24, 2.45) is 5.73 Å². The number of aromatic nitrogens is 4. The molecule has 1 aliphatic rings. The lowest BCUT2D eigenvalue weighted by molar-refractivity contribution is 0.395. The molecule has 1 fully saturated rings. The third-order valence-electron chi connectivity index (χ3n) is 3.13. The lowest BCUT2D eigenvalue weighted by Crippen LogP contribution is -2.22. The molecule has 2 heterocycles. The number of hydrogen-bond donors (Lipinski definition) is 2. The van der Waals surface area contributed by atoms with Crippen LogP contribution in [-0.4, -0.2) is 33.3 Å². The van der Waals surface area contributed by atoms with E-state index in [1.165, 1.54) is 51.6 Å². The van der Waals surface area contributed by atoms with Gasteiger partial charge in [0.25, 0.3) is 10.7 Å². The molecule has 2 aromatic heterocycles. The SMILES string of the molecule is COc1cncc(-c2n[nH]c(=S)o2)n1.NC1CCCCC1. The maximum Gasteiger partial charge on any atom is 0.284 e. The Balaban J connectivity index is 0.000000194. The summed E-state index contributed by atoms with van der Waals surface area (Å²) < 4.78 is 9.96. The van der Waals surface area contributed by atoms with Gasteiger partial charge in [-0.1, -0.05) is 19.3 Å². The van der Waals surface area contributed by atoms with Crippen LogP contribution >= 0.6 is 12.2 Å². The number of H-pyrrole nitrogens is 1. The normalized spacial score (nSPS) is 15.1. The predicted molar refractivity (Wildman–Crippen MR) is 80.3 cm³/mol. The van der Waals surface area contributed by atoms with Crippen LogP contribution in [0.5, 0.6) is 5.88 Å². The second-order valence-corrected chi connectivity index (χ2v) is 5.13. The van der Waals surface area contributed by atoms with Crippen molar-refractivity contribution in [3.8, 4) is 17.5 Å². The predicted octanol–water partition coefficient (Wildman–Crippen LogP) is 2.48. The average molecular weight is 309 g/mol. The van der Waals surface area contributed by atoms with Crippen molar-refractivity contribution in [1.29, 1.82) is 0 Å². The summed E-state index contributed by atoms with van der Waals surface area (Å²) in [6.07, 6.45) is 9.66. The largest absolute Gasteiger partial charge is 0.480 e. The summed E-state index contributed by atoms with van der Waals surface area (Å²) in [5.41, 5.74) is 6.10. The summed E-state index contributed by atoms with van der Waals surface area (Å²) in [6.45, 7) is 0. The molecule has 0 bridgehead atoms. The minimum absolute atomic E-state index is 0.199. The quantitative estimate of drug-likeness (QED) is 0.821. The van der Waals surface area contributed by atoms with Gasteiger partial charge in [0, 0.05) is 6.04 Å². The Morgan fingerprint density at radius 2 is 2.10 bits per heavy atom. The number of nitrogens with one attached hydrogen (secondary N) is 1. The molecule has 0 aliphatic heterocycles. The zero-order valence-corrected chi connectivity index (χ0v) is 12.7. The van der Waals surface area contributed by atoms with E-state index in [1.54, 1.807) is 0 Å². The van der Waals surface area contributed by atoms with Crippen LogP contribution in [0.25, 0.3) is 11.6 Å².